The number of nitrogens with one attached hydrogen (secondary N) is 1. The largest absolute Gasteiger partial charge is 0.307 e. The maximum Gasteiger partial charge on any atom is 0.239 e. The molecule has 1 aromatic rings. The van der Waals surface area contributed by atoms with Crippen molar-refractivity contribution >= 4 is 34.0 Å². The van der Waals surface area contributed by atoms with E-state index in [4.69, 9.17) is 16.7 Å². The molecule has 1 aromatic carbocycles. The maximum absolute atomic E-state index is 11.7. The van der Waals surface area contributed by atoms with E-state index in [9.17, 15) is 8.42 Å². The number of hydrogen-bond donors (Lipinski definition) is 2. The van der Waals surface area contributed by atoms with Crippen molar-refractivity contribution in [3.05, 3.63) is 28.8 Å². The molecule has 0 heterocycles. The molecule has 3 N–H and O–H groups in total. The van der Waals surface area contributed by atoms with Gasteiger partial charge in [0.1, 0.15) is 4.90 Å². The fourth-order valence-corrected chi connectivity index (χ4v) is 6.76. The van der Waals surface area contributed by atoms with Gasteiger partial charge in [0.25, 0.3) is 0 Å². The normalized spacial score (nSPS) is 34.6. The number of nitrogens with two attached hydrogens (primary N) is 1. The molecule has 140 valence electrons. The van der Waals surface area contributed by atoms with Crippen LogP contribution in [0.4, 0.5) is 0 Å². The fraction of sp³-hybridized carbons (Fsp3) is 0.667. The van der Waals surface area contributed by atoms with E-state index in [1.54, 1.807) is 12.1 Å². The lowest BCUT2D eigenvalue weighted by Gasteiger charge is -2.34. The van der Waals surface area contributed by atoms with Crippen LogP contribution >= 0.6 is 24.0 Å². The van der Waals surface area contributed by atoms with Crippen LogP contribution in [0.2, 0.25) is 5.02 Å². The van der Waals surface area contributed by atoms with Crippen molar-refractivity contribution in [3.8, 4) is 0 Å². The van der Waals surface area contributed by atoms with Crippen molar-refractivity contribution in [2.24, 2.45) is 28.8 Å². The summed E-state index contributed by atoms with van der Waals surface area (Å²) in [7, 11) is -3.80. The molecule has 3 unspecified atom stereocenters. The third-order valence-electron chi connectivity index (χ3n) is 6.65. The molecule has 3 saturated carbocycles. The summed E-state index contributed by atoms with van der Waals surface area (Å²) in [6.07, 6.45) is 6.88. The molecule has 4 nitrogen and oxygen atoms in total. The number of benzene rings is 1. The Morgan fingerprint density at radius 1 is 1.20 bits per heavy atom. The van der Waals surface area contributed by atoms with E-state index in [0.717, 1.165) is 29.2 Å². The van der Waals surface area contributed by atoms with Crippen molar-refractivity contribution in [2.45, 2.75) is 56.0 Å². The summed E-state index contributed by atoms with van der Waals surface area (Å²) >= 11 is 5.99. The van der Waals surface area contributed by atoms with Crippen molar-refractivity contribution in [2.75, 3.05) is 0 Å². The first kappa shape index (κ1) is 19.4. The first-order valence-electron chi connectivity index (χ1n) is 8.93. The minimum atomic E-state index is -3.80. The molecule has 0 amide bonds. The number of primary sulfonamides is 1. The van der Waals surface area contributed by atoms with Crippen LogP contribution in [-0.4, -0.2) is 14.5 Å². The van der Waals surface area contributed by atoms with Gasteiger partial charge in [0.2, 0.25) is 10.0 Å². The summed E-state index contributed by atoms with van der Waals surface area (Å²) in [6, 6.07) is 5.77. The molecule has 6 atom stereocenters. The molecule has 3 aliphatic rings. The Bertz CT molecular complexity index is 755. The maximum atomic E-state index is 11.7. The number of halogens is 2. The van der Waals surface area contributed by atoms with Gasteiger partial charge in [-0.15, -0.1) is 12.4 Å². The Kier molecular flexibility index (Phi) is 5.45. The minimum absolute atomic E-state index is 0. The van der Waals surface area contributed by atoms with Crippen molar-refractivity contribution in [1.82, 2.24) is 5.32 Å². The van der Waals surface area contributed by atoms with E-state index >= 15 is 0 Å². The summed E-state index contributed by atoms with van der Waals surface area (Å²) in [6.45, 7) is 2.09. The molecule has 0 radical (unpaired) electrons. The van der Waals surface area contributed by atoms with Crippen LogP contribution in [0.15, 0.2) is 23.1 Å². The van der Waals surface area contributed by atoms with Crippen LogP contribution in [0.5, 0.6) is 0 Å². The van der Waals surface area contributed by atoms with E-state index in [-0.39, 0.29) is 28.4 Å². The number of fused-ring (bicyclic) bond motifs is 5. The van der Waals surface area contributed by atoms with Gasteiger partial charge in [0.05, 0.1) is 5.02 Å². The molecular formula is C18H26Cl2N2O2S. The van der Waals surface area contributed by atoms with Gasteiger partial charge >= 0.3 is 0 Å². The van der Waals surface area contributed by atoms with Gasteiger partial charge in [-0.3, -0.25) is 0 Å². The Balaban J connectivity index is 0.00000182. The predicted octanol–water partition coefficient (Wildman–Crippen LogP) is 3.88. The number of rotatable bonds is 4. The molecule has 0 spiro atoms. The van der Waals surface area contributed by atoms with E-state index < -0.39 is 10.0 Å². The SMILES string of the molecule is CC(N[C@@H]1CC2CC1[C@@H]1CCC[C@H]21)c1ccc(Cl)c(S(N)(=O)=O)c1.Cl. The number of hydrogen-bond acceptors (Lipinski definition) is 3. The molecule has 0 aliphatic heterocycles. The van der Waals surface area contributed by atoms with E-state index in [0.29, 0.717) is 6.04 Å². The van der Waals surface area contributed by atoms with Gasteiger partial charge in [0.15, 0.2) is 0 Å². The van der Waals surface area contributed by atoms with Crippen LogP contribution in [0, 0.1) is 23.7 Å². The van der Waals surface area contributed by atoms with Crippen LogP contribution < -0.4 is 10.5 Å². The van der Waals surface area contributed by atoms with E-state index in [2.05, 4.69) is 12.2 Å². The molecule has 0 saturated heterocycles. The fourth-order valence-electron chi connectivity index (χ4n) is 5.68. The van der Waals surface area contributed by atoms with Crippen molar-refractivity contribution in [1.29, 1.82) is 0 Å². The Labute approximate surface area is 161 Å². The summed E-state index contributed by atoms with van der Waals surface area (Å²) in [5.41, 5.74) is 0.925. The van der Waals surface area contributed by atoms with Gasteiger partial charge in [-0.05, 0) is 74.0 Å². The topological polar surface area (TPSA) is 72.2 Å². The molecule has 3 fully saturated rings. The Morgan fingerprint density at radius 3 is 2.64 bits per heavy atom. The summed E-state index contributed by atoms with van der Waals surface area (Å²) in [4.78, 5) is 0.0131. The average Bonchev–Trinajstić information content (AvgIpc) is 3.18. The molecule has 25 heavy (non-hydrogen) atoms. The minimum Gasteiger partial charge on any atom is -0.307 e. The third kappa shape index (κ3) is 3.46. The highest BCUT2D eigenvalue weighted by Crippen LogP contribution is 2.58. The van der Waals surface area contributed by atoms with Gasteiger partial charge in [-0.2, -0.15) is 0 Å². The van der Waals surface area contributed by atoms with Crippen LogP contribution in [0.3, 0.4) is 0 Å². The average molecular weight is 405 g/mol. The standard InChI is InChI=1S/C18H25ClN2O2S.ClH/c1-10(11-5-6-16(19)18(9-11)24(20,22)23)21-17-8-12-7-15(17)14-4-2-3-13(12)14;/h5-6,9-10,12-15,17,21H,2-4,7-8H2,1H3,(H2,20,22,23);1H/t10?,12?,13-,14-,15?,17-;/m1./s1. The number of sulfonamides is 1. The zero-order chi connectivity index (χ0) is 17.1. The second-order valence-corrected chi connectivity index (χ2v) is 9.82. The van der Waals surface area contributed by atoms with Crippen molar-refractivity contribution < 1.29 is 8.42 Å². The molecule has 0 aromatic heterocycles. The summed E-state index contributed by atoms with van der Waals surface area (Å²) in [5, 5.41) is 9.21. The highest BCUT2D eigenvalue weighted by Gasteiger charge is 2.53. The molecule has 3 aliphatic carbocycles. The third-order valence-corrected chi connectivity index (χ3v) is 8.05. The Morgan fingerprint density at radius 2 is 1.92 bits per heavy atom. The molecule has 4 rings (SSSR count). The van der Waals surface area contributed by atoms with Gasteiger partial charge < -0.3 is 5.32 Å². The summed E-state index contributed by atoms with van der Waals surface area (Å²) < 4.78 is 23.4. The predicted molar refractivity (Wildman–Crippen MR) is 102 cm³/mol. The van der Waals surface area contributed by atoms with Crippen molar-refractivity contribution in [3.63, 3.8) is 0 Å². The first-order chi connectivity index (χ1) is 11.3. The quantitative estimate of drug-likeness (QED) is 0.799. The highest BCUT2D eigenvalue weighted by atomic mass is 35.5. The lowest BCUT2D eigenvalue weighted by atomic mass is 9.79. The van der Waals surface area contributed by atoms with E-state index in [1.807, 2.05) is 6.07 Å². The Hall–Kier alpha value is -0.330. The zero-order valence-electron chi connectivity index (χ0n) is 14.3. The van der Waals surface area contributed by atoms with Gasteiger partial charge in [-0.25, -0.2) is 13.6 Å². The van der Waals surface area contributed by atoms with Crippen LogP contribution in [0.1, 0.15) is 50.6 Å². The highest BCUT2D eigenvalue weighted by molar-refractivity contribution is 7.89. The second kappa shape index (κ2) is 7.01. The lowest BCUT2D eigenvalue weighted by Crippen LogP contribution is -2.40. The summed E-state index contributed by atoms with van der Waals surface area (Å²) in [5.74, 6) is 3.60. The van der Waals surface area contributed by atoms with Gasteiger partial charge in [0, 0.05) is 12.1 Å². The smallest absolute Gasteiger partial charge is 0.239 e. The van der Waals surface area contributed by atoms with Crippen LogP contribution in [0.25, 0.3) is 0 Å². The molecule has 7 heteroatoms. The molecular weight excluding hydrogens is 379 g/mol. The van der Waals surface area contributed by atoms with Gasteiger partial charge in [-0.1, -0.05) is 24.1 Å². The first-order valence-corrected chi connectivity index (χ1v) is 10.9. The second-order valence-electron chi connectivity index (χ2n) is 7.88. The van der Waals surface area contributed by atoms with E-state index in [1.165, 1.54) is 32.1 Å². The zero-order valence-corrected chi connectivity index (χ0v) is 16.7. The van der Waals surface area contributed by atoms with Crippen LogP contribution in [-0.2, 0) is 10.0 Å². The lowest BCUT2D eigenvalue weighted by molar-refractivity contribution is 0.200. The monoisotopic (exact) mass is 404 g/mol. The molecule has 2 bridgehead atoms.